The number of hydrogen-bond donors (Lipinski definition) is 1. The van der Waals surface area contributed by atoms with Crippen LogP contribution in [-0.4, -0.2) is 25.2 Å². The lowest BCUT2D eigenvalue weighted by atomic mass is 10.0. The monoisotopic (exact) mass is 232 g/mol. The highest BCUT2D eigenvalue weighted by Gasteiger charge is 2.23. The summed E-state index contributed by atoms with van der Waals surface area (Å²) in [7, 11) is 0. The van der Waals surface area contributed by atoms with Crippen molar-refractivity contribution >= 4 is 5.69 Å². The fraction of sp³-hybridized carbons (Fsp3) is 0.600. The standard InChI is InChI=1S/C15H24N2/c1-13-8-4-5-9-14(13)17-11-7-6-10-16-15(2,3)12-17/h4-5,8-9,16H,6-7,10-12H2,1-3H3. The molecule has 1 aromatic carbocycles. The molecule has 0 radical (unpaired) electrons. The van der Waals surface area contributed by atoms with Gasteiger partial charge in [-0.25, -0.2) is 0 Å². The van der Waals surface area contributed by atoms with Gasteiger partial charge in [0.05, 0.1) is 0 Å². The number of anilines is 1. The molecule has 2 rings (SSSR count). The van der Waals surface area contributed by atoms with E-state index in [1.807, 2.05) is 0 Å². The Hall–Kier alpha value is -1.02. The highest BCUT2D eigenvalue weighted by molar-refractivity contribution is 5.53. The van der Waals surface area contributed by atoms with Gasteiger partial charge in [0.1, 0.15) is 0 Å². The van der Waals surface area contributed by atoms with Gasteiger partial charge in [-0.05, 0) is 51.8 Å². The van der Waals surface area contributed by atoms with Gasteiger partial charge >= 0.3 is 0 Å². The van der Waals surface area contributed by atoms with Crippen molar-refractivity contribution in [1.29, 1.82) is 0 Å². The summed E-state index contributed by atoms with van der Waals surface area (Å²) in [5, 5.41) is 3.64. The van der Waals surface area contributed by atoms with Crippen LogP contribution in [0.5, 0.6) is 0 Å². The topological polar surface area (TPSA) is 15.3 Å². The van der Waals surface area contributed by atoms with E-state index in [4.69, 9.17) is 0 Å². The summed E-state index contributed by atoms with van der Waals surface area (Å²) in [5.74, 6) is 0. The summed E-state index contributed by atoms with van der Waals surface area (Å²) in [5.41, 5.74) is 2.97. The van der Waals surface area contributed by atoms with E-state index in [0.29, 0.717) is 0 Å². The van der Waals surface area contributed by atoms with Crippen LogP contribution in [-0.2, 0) is 0 Å². The average Bonchev–Trinajstić information content (AvgIpc) is 2.25. The Labute approximate surface area is 105 Å². The Kier molecular flexibility index (Phi) is 3.72. The van der Waals surface area contributed by atoms with E-state index in [1.54, 1.807) is 0 Å². The first kappa shape index (κ1) is 12.4. The predicted octanol–water partition coefficient (Wildman–Crippen LogP) is 2.96. The van der Waals surface area contributed by atoms with Crippen LogP contribution in [0.1, 0.15) is 32.3 Å². The second-order valence-corrected chi connectivity index (χ2v) is 5.73. The van der Waals surface area contributed by atoms with Crippen LogP contribution in [0, 0.1) is 6.92 Å². The maximum Gasteiger partial charge on any atom is 0.0396 e. The van der Waals surface area contributed by atoms with Crippen molar-refractivity contribution in [3.8, 4) is 0 Å². The molecule has 1 N–H and O–H groups in total. The Balaban J connectivity index is 2.20. The summed E-state index contributed by atoms with van der Waals surface area (Å²) in [6.45, 7) is 10.2. The molecule has 0 saturated carbocycles. The van der Waals surface area contributed by atoms with Crippen molar-refractivity contribution in [1.82, 2.24) is 5.32 Å². The third-order valence-corrected chi connectivity index (χ3v) is 3.50. The lowest BCUT2D eigenvalue weighted by Crippen LogP contribution is -2.51. The van der Waals surface area contributed by atoms with Gasteiger partial charge in [0, 0.05) is 24.3 Å². The Bertz CT molecular complexity index is 371. The van der Waals surface area contributed by atoms with E-state index in [1.165, 1.54) is 30.6 Å². The van der Waals surface area contributed by atoms with Gasteiger partial charge in [0.15, 0.2) is 0 Å². The predicted molar refractivity (Wildman–Crippen MR) is 74.7 cm³/mol. The molecule has 1 fully saturated rings. The summed E-state index contributed by atoms with van der Waals surface area (Å²) < 4.78 is 0. The maximum absolute atomic E-state index is 3.64. The van der Waals surface area contributed by atoms with Crippen molar-refractivity contribution in [2.45, 2.75) is 39.2 Å². The van der Waals surface area contributed by atoms with E-state index < -0.39 is 0 Å². The van der Waals surface area contributed by atoms with Crippen LogP contribution in [0.3, 0.4) is 0 Å². The molecule has 0 bridgehead atoms. The number of para-hydroxylation sites is 1. The lowest BCUT2D eigenvalue weighted by Gasteiger charge is -2.38. The number of aryl methyl sites for hydroxylation is 1. The first-order valence-electron chi connectivity index (χ1n) is 6.64. The van der Waals surface area contributed by atoms with Crippen LogP contribution < -0.4 is 10.2 Å². The first-order valence-corrected chi connectivity index (χ1v) is 6.64. The van der Waals surface area contributed by atoms with Gasteiger partial charge in [0.2, 0.25) is 0 Å². The zero-order valence-corrected chi connectivity index (χ0v) is 11.3. The number of nitrogens with one attached hydrogen (secondary N) is 1. The minimum absolute atomic E-state index is 0.197. The minimum atomic E-state index is 0.197. The summed E-state index contributed by atoms with van der Waals surface area (Å²) >= 11 is 0. The Morgan fingerprint density at radius 1 is 1.18 bits per heavy atom. The molecule has 1 aromatic rings. The molecular weight excluding hydrogens is 208 g/mol. The van der Waals surface area contributed by atoms with Gasteiger partial charge in [-0.3, -0.25) is 0 Å². The third-order valence-electron chi connectivity index (χ3n) is 3.50. The van der Waals surface area contributed by atoms with Crippen LogP contribution in [0.25, 0.3) is 0 Å². The number of hydrogen-bond acceptors (Lipinski definition) is 2. The lowest BCUT2D eigenvalue weighted by molar-refractivity contribution is 0.364. The molecule has 1 aliphatic rings. The fourth-order valence-corrected chi connectivity index (χ4v) is 2.59. The number of nitrogens with zero attached hydrogens (tertiary/aromatic N) is 1. The van der Waals surface area contributed by atoms with Crippen molar-refractivity contribution in [3.63, 3.8) is 0 Å². The zero-order chi connectivity index (χ0) is 12.3. The van der Waals surface area contributed by atoms with Crippen molar-refractivity contribution < 1.29 is 0 Å². The third kappa shape index (κ3) is 3.22. The van der Waals surface area contributed by atoms with E-state index >= 15 is 0 Å². The second-order valence-electron chi connectivity index (χ2n) is 5.73. The number of rotatable bonds is 1. The summed E-state index contributed by atoms with van der Waals surface area (Å²) in [4.78, 5) is 2.53. The molecule has 0 spiro atoms. The molecule has 0 amide bonds. The molecule has 1 aliphatic heterocycles. The van der Waals surface area contributed by atoms with Crippen LogP contribution >= 0.6 is 0 Å². The van der Waals surface area contributed by atoms with Gasteiger partial charge < -0.3 is 10.2 Å². The normalized spacial score (nSPS) is 20.8. The Morgan fingerprint density at radius 2 is 1.94 bits per heavy atom. The molecule has 0 aliphatic carbocycles. The van der Waals surface area contributed by atoms with Crippen LogP contribution in [0.2, 0.25) is 0 Å². The molecule has 2 heteroatoms. The zero-order valence-electron chi connectivity index (χ0n) is 11.3. The summed E-state index contributed by atoms with van der Waals surface area (Å²) in [6, 6.07) is 8.70. The maximum atomic E-state index is 3.64. The van der Waals surface area contributed by atoms with Crippen LogP contribution in [0.4, 0.5) is 5.69 Å². The highest BCUT2D eigenvalue weighted by atomic mass is 15.2. The van der Waals surface area contributed by atoms with E-state index in [-0.39, 0.29) is 5.54 Å². The molecule has 2 nitrogen and oxygen atoms in total. The summed E-state index contributed by atoms with van der Waals surface area (Å²) in [6.07, 6.45) is 2.54. The molecule has 0 unspecified atom stereocenters. The number of benzene rings is 1. The van der Waals surface area contributed by atoms with Gasteiger partial charge in [-0.15, -0.1) is 0 Å². The van der Waals surface area contributed by atoms with Gasteiger partial charge in [-0.1, -0.05) is 18.2 Å². The molecule has 0 atom stereocenters. The quantitative estimate of drug-likeness (QED) is 0.801. The van der Waals surface area contributed by atoms with E-state index in [0.717, 1.165) is 13.1 Å². The fourth-order valence-electron chi connectivity index (χ4n) is 2.59. The van der Waals surface area contributed by atoms with Crippen LogP contribution in [0.15, 0.2) is 24.3 Å². The van der Waals surface area contributed by atoms with Crippen molar-refractivity contribution in [3.05, 3.63) is 29.8 Å². The average molecular weight is 232 g/mol. The molecule has 0 aromatic heterocycles. The molecule has 1 heterocycles. The molecule has 94 valence electrons. The smallest absolute Gasteiger partial charge is 0.0396 e. The van der Waals surface area contributed by atoms with E-state index in [2.05, 4.69) is 55.3 Å². The van der Waals surface area contributed by atoms with Crippen molar-refractivity contribution in [2.75, 3.05) is 24.5 Å². The molecular formula is C15H24N2. The Morgan fingerprint density at radius 3 is 2.71 bits per heavy atom. The first-order chi connectivity index (χ1) is 8.08. The second kappa shape index (κ2) is 5.09. The highest BCUT2D eigenvalue weighted by Crippen LogP contribution is 2.23. The largest absolute Gasteiger partial charge is 0.369 e. The molecule has 17 heavy (non-hydrogen) atoms. The minimum Gasteiger partial charge on any atom is -0.369 e. The SMILES string of the molecule is Cc1ccccc1N1CCCCNC(C)(C)C1. The van der Waals surface area contributed by atoms with E-state index in [9.17, 15) is 0 Å². The van der Waals surface area contributed by atoms with Gasteiger partial charge in [0.25, 0.3) is 0 Å². The molecule has 1 saturated heterocycles. The van der Waals surface area contributed by atoms with Gasteiger partial charge in [-0.2, -0.15) is 0 Å². The van der Waals surface area contributed by atoms with Crippen molar-refractivity contribution in [2.24, 2.45) is 0 Å².